The topological polar surface area (TPSA) is 57.6 Å². The van der Waals surface area contributed by atoms with Crippen molar-refractivity contribution in [3.05, 3.63) is 34.3 Å². The molecule has 21 heavy (non-hydrogen) atoms. The Bertz CT molecular complexity index is 544. The minimum Gasteiger partial charge on any atom is -0.481 e. The molecular weight excluding hydrogens is 334 g/mol. The number of benzene rings is 1. The summed E-state index contributed by atoms with van der Waals surface area (Å²) in [5.74, 6) is -1.03. The fourth-order valence-electron chi connectivity index (χ4n) is 2.92. The molecule has 0 aromatic heterocycles. The molecule has 0 radical (unpaired) electrons. The van der Waals surface area contributed by atoms with Crippen LogP contribution in [0.15, 0.2) is 28.7 Å². The van der Waals surface area contributed by atoms with Crippen molar-refractivity contribution in [1.29, 1.82) is 0 Å². The largest absolute Gasteiger partial charge is 0.481 e. The van der Waals surface area contributed by atoms with Gasteiger partial charge in [-0.2, -0.15) is 0 Å². The molecule has 2 unspecified atom stereocenters. The van der Waals surface area contributed by atoms with Crippen LogP contribution in [0.5, 0.6) is 0 Å². The Morgan fingerprint density at radius 1 is 1.48 bits per heavy atom. The van der Waals surface area contributed by atoms with E-state index in [-0.39, 0.29) is 11.9 Å². The number of aliphatic carboxylic acids is 1. The Balaban J connectivity index is 2.43. The van der Waals surface area contributed by atoms with Gasteiger partial charge in [0.1, 0.15) is 0 Å². The van der Waals surface area contributed by atoms with Crippen molar-refractivity contribution in [2.45, 2.75) is 32.7 Å². The lowest BCUT2D eigenvalue weighted by Crippen LogP contribution is -2.46. The third-order valence-corrected chi connectivity index (χ3v) is 4.27. The third-order valence-electron chi connectivity index (χ3n) is 3.78. The molecule has 2 atom stereocenters. The number of carboxylic acids is 1. The van der Waals surface area contributed by atoms with Crippen molar-refractivity contribution in [1.82, 2.24) is 4.90 Å². The van der Waals surface area contributed by atoms with E-state index < -0.39 is 11.9 Å². The zero-order chi connectivity index (χ0) is 15.6. The zero-order valence-electron chi connectivity index (χ0n) is 12.3. The second-order valence-electron chi connectivity index (χ2n) is 5.92. The van der Waals surface area contributed by atoms with Crippen LogP contribution in [-0.2, 0) is 9.59 Å². The fourth-order valence-corrected chi connectivity index (χ4v) is 3.34. The maximum Gasteiger partial charge on any atom is 0.308 e. The van der Waals surface area contributed by atoms with Gasteiger partial charge in [-0.05, 0) is 30.0 Å². The molecule has 4 nitrogen and oxygen atoms in total. The lowest BCUT2D eigenvalue weighted by molar-refractivity contribution is -0.152. The molecule has 0 aliphatic carbocycles. The fraction of sp³-hybridized carbons (Fsp3) is 0.500. The Kier molecular flexibility index (Phi) is 5.04. The van der Waals surface area contributed by atoms with E-state index >= 15 is 0 Å². The van der Waals surface area contributed by atoms with Crippen molar-refractivity contribution in [3.63, 3.8) is 0 Å². The molecule has 1 saturated heterocycles. The van der Waals surface area contributed by atoms with Gasteiger partial charge in [0.05, 0.1) is 12.0 Å². The summed E-state index contributed by atoms with van der Waals surface area (Å²) in [5.41, 5.74) is 0.880. The van der Waals surface area contributed by atoms with Crippen molar-refractivity contribution >= 4 is 27.8 Å². The molecule has 1 fully saturated rings. The molecule has 0 bridgehead atoms. The minimum atomic E-state index is -0.832. The van der Waals surface area contributed by atoms with Crippen molar-refractivity contribution in [2.75, 3.05) is 6.54 Å². The average molecular weight is 354 g/mol. The molecule has 0 spiro atoms. The molecule has 1 N–H and O–H groups in total. The number of nitrogens with zero attached hydrogens (tertiary/aromatic N) is 1. The second-order valence-corrected chi connectivity index (χ2v) is 6.84. The highest BCUT2D eigenvalue weighted by Gasteiger charge is 2.40. The highest BCUT2D eigenvalue weighted by molar-refractivity contribution is 9.10. The van der Waals surface area contributed by atoms with E-state index in [1.165, 1.54) is 0 Å². The van der Waals surface area contributed by atoms with Gasteiger partial charge in [0.2, 0.25) is 5.91 Å². The maximum atomic E-state index is 12.3. The number of likely N-dealkylation sites (tertiary alicyclic amines) is 1. The van der Waals surface area contributed by atoms with Crippen molar-refractivity contribution < 1.29 is 14.7 Å². The first-order valence-electron chi connectivity index (χ1n) is 7.18. The lowest BCUT2D eigenvalue weighted by atomic mass is 9.84. The summed E-state index contributed by atoms with van der Waals surface area (Å²) >= 11 is 3.42. The van der Waals surface area contributed by atoms with Crippen LogP contribution in [0.3, 0.4) is 0 Å². The first kappa shape index (κ1) is 16.0. The van der Waals surface area contributed by atoms with Crippen LogP contribution in [0, 0.1) is 11.8 Å². The number of carboxylic acid groups (broad SMARTS) is 1. The van der Waals surface area contributed by atoms with E-state index in [1.54, 1.807) is 4.90 Å². The van der Waals surface area contributed by atoms with Gasteiger partial charge in [0.25, 0.3) is 0 Å². The van der Waals surface area contributed by atoms with Crippen LogP contribution in [0.2, 0.25) is 0 Å². The smallest absolute Gasteiger partial charge is 0.308 e. The first-order valence-corrected chi connectivity index (χ1v) is 7.97. The van der Waals surface area contributed by atoms with Crippen LogP contribution in [0.4, 0.5) is 0 Å². The molecule has 5 heteroatoms. The highest BCUT2D eigenvalue weighted by atomic mass is 79.9. The number of piperidine rings is 1. The van der Waals surface area contributed by atoms with Crippen molar-refractivity contribution in [3.8, 4) is 0 Å². The summed E-state index contributed by atoms with van der Waals surface area (Å²) in [7, 11) is 0. The van der Waals surface area contributed by atoms with Crippen LogP contribution in [0.25, 0.3) is 0 Å². The standard InChI is InChI=1S/C16H20BrNO3/c1-10(2)9-18-14(19)7-6-13(16(20)21)15(18)11-4-3-5-12(17)8-11/h3-5,8,10,13,15H,6-7,9H2,1-2H3,(H,20,21). The van der Waals surface area contributed by atoms with Gasteiger partial charge in [-0.3, -0.25) is 9.59 Å². The predicted molar refractivity (Wildman–Crippen MR) is 83.8 cm³/mol. The summed E-state index contributed by atoms with van der Waals surface area (Å²) in [6, 6.07) is 7.20. The summed E-state index contributed by atoms with van der Waals surface area (Å²) in [4.78, 5) is 25.6. The number of hydrogen-bond acceptors (Lipinski definition) is 2. The van der Waals surface area contributed by atoms with Crippen LogP contribution in [-0.4, -0.2) is 28.4 Å². The Hall–Kier alpha value is -1.36. The van der Waals surface area contributed by atoms with Gasteiger partial charge in [-0.25, -0.2) is 0 Å². The third kappa shape index (κ3) is 3.64. The number of carbonyl (C=O) groups excluding carboxylic acids is 1. The van der Waals surface area contributed by atoms with E-state index in [4.69, 9.17) is 0 Å². The van der Waals surface area contributed by atoms with Crippen LogP contribution >= 0.6 is 15.9 Å². The summed E-state index contributed by atoms with van der Waals surface area (Å²) in [6.45, 7) is 4.66. The second kappa shape index (κ2) is 6.60. The normalized spacial score (nSPS) is 22.7. The SMILES string of the molecule is CC(C)CN1C(=O)CCC(C(=O)O)C1c1cccc(Br)c1. The van der Waals surface area contributed by atoms with Crippen LogP contribution in [0.1, 0.15) is 38.3 Å². The summed E-state index contributed by atoms with van der Waals surface area (Å²) < 4.78 is 0.895. The lowest BCUT2D eigenvalue weighted by Gasteiger charge is -2.40. The van der Waals surface area contributed by atoms with Gasteiger partial charge in [0, 0.05) is 17.4 Å². The number of hydrogen-bond donors (Lipinski definition) is 1. The molecule has 1 heterocycles. The van der Waals surface area contributed by atoms with Crippen LogP contribution < -0.4 is 0 Å². The van der Waals surface area contributed by atoms with E-state index in [2.05, 4.69) is 15.9 Å². The Morgan fingerprint density at radius 2 is 2.19 bits per heavy atom. The van der Waals surface area contributed by atoms with Gasteiger partial charge in [0.15, 0.2) is 0 Å². The van der Waals surface area contributed by atoms with E-state index in [1.807, 2.05) is 38.1 Å². The van der Waals surface area contributed by atoms with E-state index in [0.29, 0.717) is 25.3 Å². The van der Waals surface area contributed by atoms with Gasteiger partial charge < -0.3 is 10.0 Å². The number of halogens is 1. The summed E-state index contributed by atoms with van der Waals surface area (Å²) in [6.07, 6.45) is 0.716. The Labute approximate surface area is 133 Å². The zero-order valence-corrected chi connectivity index (χ0v) is 13.8. The minimum absolute atomic E-state index is 0.0474. The molecule has 2 rings (SSSR count). The predicted octanol–water partition coefficient (Wildman–Crippen LogP) is 3.47. The van der Waals surface area contributed by atoms with E-state index in [9.17, 15) is 14.7 Å². The summed E-state index contributed by atoms with van der Waals surface area (Å²) in [5, 5.41) is 9.53. The molecule has 1 aromatic carbocycles. The van der Waals surface area contributed by atoms with Gasteiger partial charge in [-0.1, -0.05) is 41.9 Å². The average Bonchev–Trinajstić information content (AvgIpc) is 2.40. The molecule has 1 aliphatic rings. The monoisotopic (exact) mass is 353 g/mol. The number of carbonyl (C=O) groups is 2. The quantitative estimate of drug-likeness (QED) is 0.901. The number of amides is 1. The highest BCUT2D eigenvalue weighted by Crippen LogP contribution is 2.38. The molecule has 0 saturated carbocycles. The number of rotatable bonds is 4. The molecule has 1 amide bonds. The maximum absolute atomic E-state index is 12.3. The molecule has 1 aromatic rings. The molecule has 114 valence electrons. The van der Waals surface area contributed by atoms with Gasteiger partial charge in [-0.15, -0.1) is 0 Å². The van der Waals surface area contributed by atoms with Crippen molar-refractivity contribution in [2.24, 2.45) is 11.8 Å². The first-order chi connectivity index (χ1) is 9.90. The van der Waals surface area contributed by atoms with E-state index in [0.717, 1.165) is 10.0 Å². The molecule has 1 aliphatic heterocycles. The van der Waals surface area contributed by atoms with Gasteiger partial charge >= 0.3 is 5.97 Å². The molecular formula is C16H20BrNO3. The Morgan fingerprint density at radius 3 is 2.76 bits per heavy atom.